The van der Waals surface area contributed by atoms with Crippen LogP contribution in [-0.2, 0) is 27.0 Å². The van der Waals surface area contributed by atoms with Gasteiger partial charge in [0.2, 0.25) is 10.0 Å². The van der Waals surface area contributed by atoms with Gasteiger partial charge >= 0.3 is 5.97 Å². The number of rotatable bonds is 9. The van der Waals surface area contributed by atoms with Crippen LogP contribution in [0.2, 0.25) is 0 Å². The van der Waals surface area contributed by atoms with Gasteiger partial charge in [-0.3, -0.25) is 4.79 Å². The Morgan fingerprint density at radius 3 is 2.23 bits per heavy atom. The molecule has 0 aliphatic rings. The molecule has 0 spiro atoms. The number of carboxylic acid groups (broad SMARTS) is 1. The highest BCUT2D eigenvalue weighted by Crippen LogP contribution is 2.16. The van der Waals surface area contributed by atoms with Crippen LogP contribution in [0.25, 0.3) is 0 Å². The lowest BCUT2D eigenvalue weighted by molar-refractivity contribution is -0.137. The molecule has 0 aliphatic heterocycles. The first-order valence-electron chi connectivity index (χ1n) is 7.95. The molecule has 8 heteroatoms. The van der Waals surface area contributed by atoms with Crippen LogP contribution in [0.3, 0.4) is 0 Å². The number of benzene rings is 2. The molecule has 0 heterocycles. The van der Waals surface area contributed by atoms with Gasteiger partial charge in [0.25, 0.3) is 0 Å². The van der Waals surface area contributed by atoms with Crippen molar-refractivity contribution in [1.82, 2.24) is 4.72 Å². The zero-order chi connectivity index (χ0) is 19.2. The van der Waals surface area contributed by atoms with Gasteiger partial charge in [0.05, 0.1) is 5.75 Å². The zero-order valence-electron chi connectivity index (χ0n) is 13.9. The van der Waals surface area contributed by atoms with Crippen molar-refractivity contribution in [3.8, 4) is 0 Å². The van der Waals surface area contributed by atoms with Gasteiger partial charge in [0, 0.05) is 18.0 Å². The third kappa shape index (κ3) is 6.20. The van der Waals surface area contributed by atoms with Crippen molar-refractivity contribution in [2.75, 3.05) is 0 Å². The normalized spacial score (nSPS) is 12.7. The fourth-order valence-corrected chi connectivity index (χ4v) is 4.00. The van der Waals surface area contributed by atoms with Gasteiger partial charge in [-0.2, -0.15) is 0 Å². The molecule has 0 amide bonds. The molecule has 2 rings (SSSR count). The van der Waals surface area contributed by atoms with E-state index in [1.807, 2.05) is 0 Å². The van der Waals surface area contributed by atoms with Gasteiger partial charge in [-0.05, 0) is 30.5 Å². The first-order chi connectivity index (χ1) is 12.3. The topological polar surface area (TPSA) is 83.5 Å². The van der Waals surface area contributed by atoms with Crippen LogP contribution < -0.4 is 4.72 Å². The summed E-state index contributed by atoms with van der Waals surface area (Å²) in [5.41, 5.74) is 0.277. The molecule has 2 aromatic carbocycles. The number of aliphatic carboxylic acids is 1. The Labute approximate surface area is 150 Å². The van der Waals surface area contributed by atoms with Crippen molar-refractivity contribution in [2.24, 2.45) is 0 Å². The Balaban J connectivity index is 2.15. The summed E-state index contributed by atoms with van der Waals surface area (Å²) in [6.07, 6.45) is 0.102. The van der Waals surface area contributed by atoms with Crippen LogP contribution in [0.4, 0.5) is 8.78 Å². The maximum atomic E-state index is 13.7. The highest BCUT2D eigenvalue weighted by Gasteiger charge is 2.23. The Bertz CT molecular complexity index is 836. The second-order valence-electron chi connectivity index (χ2n) is 5.90. The molecule has 2 N–H and O–H groups in total. The van der Waals surface area contributed by atoms with E-state index in [2.05, 4.69) is 4.72 Å². The molecule has 1 atom stereocenters. The second-order valence-corrected chi connectivity index (χ2v) is 7.65. The number of sulfonamides is 1. The van der Waals surface area contributed by atoms with E-state index in [0.29, 0.717) is 0 Å². The van der Waals surface area contributed by atoms with E-state index >= 15 is 0 Å². The summed E-state index contributed by atoms with van der Waals surface area (Å²) in [6.45, 7) is 0. The van der Waals surface area contributed by atoms with Crippen LogP contribution in [0.15, 0.2) is 48.5 Å². The number of carbonyl (C=O) groups is 1. The lowest BCUT2D eigenvalue weighted by atomic mass is 10.0. The lowest BCUT2D eigenvalue weighted by Crippen LogP contribution is -2.37. The number of hydrogen-bond donors (Lipinski definition) is 2. The first kappa shape index (κ1) is 20.0. The van der Waals surface area contributed by atoms with Gasteiger partial charge in [-0.15, -0.1) is 0 Å². The minimum Gasteiger partial charge on any atom is -0.481 e. The van der Waals surface area contributed by atoms with Gasteiger partial charge < -0.3 is 5.11 Å². The first-order valence-corrected chi connectivity index (χ1v) is 9.60. The number of hydrogen-bond acceptors (Lipinski definition) is 3. The third-order valence-corrected chi connectivity index (χ3v) is 5.14. The van der Waals surface area contributed by atoms with Crippen molar-refractivity contribution in [3.05, 3.63) is 71.3 Å². The average molecular weight is 383 g/mol. The third-order valence-electron chi connectivity index (χ3n) is 3.77. The van der Waals surface area contributed by atoms with E-state index in [1.165, 1.54) is 0 Å². The zero-order valence-corrected chi connectivity index (χ0v) is 14.7. The average Bonchev–Trinajstić information content (AvgIpc) is 2.57. The summed E-state index contributed by atoms with van der Waals surface area (Å²) in [7, 11) is -4.07. The fourth-order valence-electron chi connectivity index (χ4n) is 2.55. The predicted molar refractivity (Wildman–Crippen MR) is 92.9 cm³/mol. The van der Waals surface area contributed by atoms with E-state index in [1.54, 1.807) is 30.3 Å². The smallest absolute Gasteiger partial charge is 0.303 e. The van der Waals surface area contributed by atoms with Gasteiger partial charge in [0.15, 0.2) is 0 Å². The molecule has 0 aliphatic carbocycles. The highest BCUT2D eigenvalue weighted by atomic mass is 32.2. The van der Waals surface area contributed by atoms with E-state index in [0.717, 1.165) is 23.8 Å². The molecule has 0 aromatic heterocycles. The van der Waals surface area contributed by atoms with Crippen LogP contribution in [0.5, 0.6) is 0 Å². The Hall–Kier alpha value is -2.32. The molecular formula is C18H19F2NO4S. The molecule has 0 bridgehead atoms. The molecule has 5 nitrogen and oxygen atoms in total. The SMILES string of the molecule is O=C(O)CCC(Cc1ccccc1)NS(=O)(=O)Cc1c(F)cccc1F. The van der Waals surface area contributed by atoms with Crippen LogP contribution in [-0.4, -0.2) is 25.5 Å². The monoisotopic (exact) mass is 383 g/mol. The van der Waals surface area contributed by atoms with E-state index in [9.17, 15) is 22.0 Å². The standard InChI is InChI=1S/C18H19F2NO4S/c19-16-7-4-8-17(20)15(16)12-26(24,25)21-14(9-10-18(22)23)11-13-5-2-1-3-6-13/h1-8,14,21H,9-12H2,(H,22,23). The molecule has 0 fully saturated rings. The second kappa shape index (κ2) is 8.86. The van der Waals surface area contributed by atoms with Crippen LogP contribution >= 0.6 is 0 Å². The van der Waals surface area contributed by atoms with Crippen LogP contribution in [0.1, 0.15) is 24.0 Å². The quantitative estimate of drug-likeness (QED) is 0.698. The summed E-state index contributed by atoms with van der Waals surface area (Å²) in [5.74, 6) is -3.80. The maximum absolute atomic E-state index is 13.7. The van der Waals surface area contributed by atoms with Crippen LogP contribution in [0, 0.1) is 11.6 Å². The van der Waals surface area contributed by atoms with Gasteiger partial charge in [0.1, 0.15) is 11.6 Å². The van der Waals surface area contributed by atoms with E-state index < -0.39 is 45.0 Å². The number of halogens is 2. The molecule has 2 aromatic rings. The summed E-state index contributed by atoms with van der Waals surface area (Å²) in [6, 6.07) is 11.4. The van der Waals surface area contributed by atoms with E-state index in [-0.39, 0.29) is 19.3 Å². The van der Waals surface area contributed by atoms with E-state index in [4.69, 9.17) is 5.11 Å². The number of nitrogens with one attached hydrogen (secondary N) is 1. The Kier molecular flexibility index (Phi) is 6.82. The van der Waals surface area contributed by atoms with Crippen molar-refractivity contribution in [2.45, 2.75) is 31.1 Å². The molecule has 140 valence electrons. The van der Waals surface area contributed by atoms with Gasteiger partial charge in [-0.1, -0.05) is 36.4 Å². The Morgan fingerprint density at radius 2 is 1.65 bits per heavy atom. The lowest BCUT2D eigenvalue weighted by Gasteiger charge is -2.18. The molecule has 0 radical (unpaired) electrons. The van der Waals surface area contributed by atoms with Crippen molar-refractivity contribution < 1.29 is 27.1 Å². The summed E-state index contributed by atoms with van der Waals surface area (Å²) in [4.78, 5) is 10.8. The van der Waals surface area contributed by atoms with Gasteiger partial charge in [-0.25, -0.2) is 21.9 Å². The summed E-state index contributed by atoms with van der Waals surface area (Å²) < 4.78 is 54.5. The minimum absolute atomic E-state index is 0.0587. The predicted octanol–water partition coefficient (Wildman–Crippen LogP) is 2.86. The molecule has 26 heavy (non-hydrogen) atoms. The highest BCUT2D eigenvalue weighted by molar-refractivity contribution is 7.88. The molecule has 0 saturated carbocycles. The largest absolute Gasteiger partial charge is 0.481 e. The maximum Gasteiger partial charge on any atom is 0.303 e. The summed E-state index contributed by atoms with van der Waals surface area (Å²) >= 11 is 0. The van der Waals surface area contributed by atoms with Crippen molar-refractivity contribution in [1.29, 1.82) is 0 Å². The molecule has 0 saturated heterocycles. The molecule has 1 unspecified atom stereocenters. The molecular weight excluding hydrogens is 364 g/mol. The fraction of sp³-hybridized carbons (Fsp3) is 0.278. The summed E-state index contributed by atoms with van der Waals surface area (Å²) in [5, 5.41) is 8.86. The minimum atomic E-state index is -4.07. The number of carboxylic acids is 1. The van der Waals surface area contributed by atoms with Crippen molar-refractivity contribution in [3.63, 3.8) is 0 Å². The Morgan fingerprint density at radius 1 is 1.04 bits per heavy atom. The van der Waals surface area contributed by atoms with Crippen molar-refractivity contribution >= 4 is 16.0 Å².